The van der Waals surface area contributed by atoms with E-state index >= 15 is 0 Å². The highest BCUT2D eigenvalue weighted by molar-refractivity contribution is 5.77. The molecule has 2 rings (SSSR count). The summed E-state index contributed by atoms with van der Waals surface area (Å²) >= 11 is 0. The fourth-order valence-corrected chi connectivity index (χ4v) is 3.16. The van der Waals surface area contributed by atoms with Gasteiger partial charge in [-0.15, -0.1) is 0 Å². The van der Waals surface area contributed by atoms with Crippen molar-refractivity contribution in [2.45, 2.75) is 46.0 Å². The summed E-state index contributed by atoms with van der Waals surface area (Å²) in [5.74, 6) is 1.37. The SMILES string of the molecule is CCOC(=O)C(c1cc(N2CCC(CCO)CC2)no1)C(C)C. The van der Waals surface area contributed by atoms with Crippen molar-refractivity contribution in [2.24, 2.45) is 11.8 Å². The van der Waals surface area contributed by atoms with E-state index in [1.165, 1.54) is 0 Å². The second-order valence-electron chi connectivity index (χ2n) is 6.50. The molecular weight excluding hydrogens is 296 g/mol. The summed E-state index contributed by atoms with van der Waals surface area (Å²) in [6, 6.07) is 1.87. The lowest BCUT2D eigenvalue weighted by atomic mass is 9.92. The van der Waals surface area contributed by atoms with Crippen LogP contribution >= 0.6 is 0 Å². The van der Waals surface area contributed by atoms with E-state index in [0.717, 1.165) is 38.2 Å². The van der Waals surface area contributed by atoms with Gasteiger partial charge in [0.05, 0.1) is 6.61 Å². The van der Waals surface area contributed by atoms with Crippen LogP contribution in [0.1, 0.15) is 51.7 Å². The molecule has 1 aromatic heterocycles. The van der Waals surface area contributed by atoms with Crippen molar-refractivity contribution in [2.75, 3.05) is 31.2 Å². The molecule has 1 aliphatic rings. The zero-order chi connectivity index (χ0) is 16.8. The van der Waals surface area contributed by atoms with E-state index in [1.54, 1.807) is 6.92 Å². The van der Waals surface area contributed by atoms with Crippen molar-refractivity contribution >= 4 is 11.8 Å². The van der Waals surface area contributed by atoms with Crippen LogP contribution in [0, 0.1) is 11.8 Å². The predicted octanol–water partition coefficient (Wildman–Crippen LogP) is 2.58. The average Bonchev–Trinajstić information content (AvgIpc) is 2.98. The van der Waals surface area contributed by atoms with Gasteiger partial charge in [-0.2, -0.15) is 0 Å². The molecule has 0 saturated carbocycles. The molecule has 0 aromatic carbocycles. The highest BCUT2D eigenvalue weighted by atomic mass is 16.5. The number of rotatable bonds is 7. The maximum absolute atomic E-state index is 12.1. The molecule has 1 saturated heterocycles. The van der Waals surface area contributed by atoms with E-state index in [1.807, 2.05) is 19.9 Å². The zero-order valence-corrected chi connectivity index (χ0v) is 14.3. The van der Waals surface area contributed by atoms with Crippen LogP contribution in [-0.2, 0) is 9.53 Å². The molecule has 130 valence electrons. The Labute approximate surface area is 137 Å². The maximum atomic E-state index is 12.1. The van der Waals surface area contributed by atoms with Crippen LogP contribution < -0.4 is 4.90 Å². The molecule has 0 amide bonds. The quantitative estimate of drug-likeness (QED) is 0.777. The lowest BCUT2D eigenvalue weighted by Crippen LogP contribution is -2.34. The van der Waals surface area contributed by atoms with Crippen molar-refractivity contribution in [3.05, 3.63) is 11.8 Å². The average molecular weight is 324 g/mol. The molecule has 6 heteroatoms. The molecule has 23 heavy (non-hydrogen) atoms. The van der Waals surface area contributed by atoms with Gasteiger partial charge in [-0.05, 0) is 38.0 Å². The standard InChI is InChI=1S/C17H28N2O4/c1-4-22-17(21)16(12(2)3)14-11-15(18-23-14)19-8-5-13(6-9-19)7-10-20/h11-13,16,20H,4-10H2,1-3H3. The van der Waals surface area contributed by atoms with Gasteiger partial charge in [-0.3, -0.25) is 4.79 Å². The normalized spacial score (nSPS) is 17.5. The highest BCUT2D eigenvalue weighted by Crippen LogP contribution is 2.30. The fraction of sp³-hybridized carbons (Fsp3) is 0.765. The minimum Gasteiger partial charge on any atom is -0.465 e. The minimum absolute atomic E-state index is 0.0881. The number of ether oxygens (including phenoxy) is 1. The van der Waals surface area contributed by atoms with Crippen LogP contribution in [0.5, 0.6) is 0 Å². The molecule has 1 aromatic rings. The summed E-state index contributed by atoms with van der Waals surface area (Å²) < 4.78 is 10.6. The van der Waals surface area contributed by atoms with Gasteiger partial charge in [-0.25, -0.2) is 0 Å². The van der Waals surface area contributed by atoms with Gasteiger partial charge in [0.1, 0.15) is 5.92 Å². The van der Waals surface area contributed by atoms with Crippen LogP contribution in [0.15, 0.2) is 10.6 Å². The number of hydrogen-bond acceptors (Lipinski definition) is 6. The number of carbonyl (C=O) groups is 1. The third-order valence-corrected chi connectivity index (χ3v) is 4.51. The minimum atomic E-state index is -0.414. The van der Waals surface area contributed by atoms with Crippen LogP contribution in [0.25, 0.3) is 0 Å². The molecule has 1 atom stereocenters. The Hall–Kier alpha value is -1.56. The van der Waals surface area contributed by atoms with E-state index in [0.29, 0.717) is 18.3 Å². The van der Waals surface area contributed by atoms with E-state index in [-0.39, 0.29) is 18.5 Å². The van der Waals surface area contributed by atoms with Crippen molar-refractivity contribution in [1.29, 1.82) is 0 Å². The Balaban J connectivity index is 2.03. The molecule has 0 spiro atoms. The molecule has 2 heterocycles. The first-order valence-corrected chi connectivity index (χ1v) is 8.55. The van der Waals surface area contributed by atoms with Gasteiger partial charge in [0.2, 0.25) is 0 Å². The smallest absolute Gasteiger partial charge is 0.317 e. The Morgan fingerprint density at radius 3 is 2.74 bits per heavy atom. The molecule has 1 N–H and O–H groups in total. The highest BCUT2D eigenvalue weighted by Gasteiger charge is 2.31. The summed E-state index contributed by atoms with van der Waals surface area (Å²) in [6.45, 7) is 8.19. The van der Waals surface area contributed by atoms with Crippen molar-refractivity contribution in [3.8, 4) is 0 Å². The third-order valence-electron chi connectivity index (χ3n) is 4.51. The van der Waals surface area contributed by atoms with Gasteiger partial charge in [0, 0.05) is 25.8 Å². The molecule has 1 fully saturated rings. The largest absolute Gasteiger partial charge is 0.465 e. The molecule has 1 unspecified atom stereocenters. The number of nitrogens with zero attached hydrogens (tertiary/aromatic N) is 2. The molecule has 0 radical (unpaired) electrons. The number of aliphatic hydroxyl groups is 1. The zero-order valence-electron chi connectivity index (χ0n) is 14.3. The number of esters is 1. The Bertz CT molecular complexity index is 493. The van der Waals surface area contributed by atoms with Crippen LogP contribution in [-0.4, -0.2) is 42.5 Å². The van der Waals surface area contributed by atoms with Gasteiger partial charge < -0.3 is 19.3 Å². The Morgan fingerprint density at radius 2 is 2.17 bits per heavy atom. The molecule has 0 aliphatic carbocycles. The van der Waals surface area contributed by atoms with Crippen molar-refractivity contribution in [1.82, 2.24) is 5.16 Å². The number of anilines is 1. The van der Waals surface area contributed by atoms with Crippen LogP contribution in [0.3, 0.4) is 0 Å². The van der Waals surface area contributed by atoms with Gasteiger partial charge in [0.25, 0.3) is 0 Å². The number of hydrogen-bond donors (Lipinski definition) is 1. The second-order valence-corrected chi connectivity index (χ2v) is 6.50. The monoisotopic (exact) mass is 324 g/mol. The summed E-state index contributed by atoms with van der Waals surface area (Å²) in [6.07, 6.45) is 2.97. The summed E-state index contributed by atoms with van der Waals surface area (Å²) in [5, 5.41) is 13.2. The van der Waals surface area contributed by atoms with Crippen molar-refractivity contribution in [3.63, 3.8) is 0 Å². The summed E-state index contributed by atoms with van der Waals surface area (Å²) in [4.78, 5) is 14.3. The van der Waals surface area contributed by atoms with Crippen molar-refractivity contribution < 1.29 is 19.2 Å². The number of piperidine rings is 1. The van der Waals surface area contributed by atoms with Crippen LogP contribution in [0.4, 0.5) is 5.82 Å². The Morgan fingerprint density at radius 1 is 1.48 bits per heavy atom. The van der Waals surface area contributed by atoms with Crippen LogP contribution in [0.2, 0.25) is 0 Å². The molecular formula is C17H28N2O4. The number of aromatic nitrogens is 1. The lowest BCUT2D eigenvalue weighted by molar-refractivity contribution is -0.146. The fourth-order valence-electron chi connectivity index (χ4n) is 3.16. The molecule has 6 nitrogen and oxygen atoms in total. The predicted molar refractivity (Wildman–Crippen MR) is 87.4 cm³/mol. The van der Waals surface area contributed by atoms with E-state index in [4.69, 9.17) is 14.4 Å². The summed E-state index contributed by atoms with van der Waals surface area (Å²) in [5.41, 5.74) is 0. The maximum Gasteiger partial charge on any atom is 0.317 e. The van der Waals surface area contributed by atoms with E-state index in [9.17, 15) is 4.79 Å². The van der Waals surface area contributed by atoms with E-state index in [2.05, 4.69) is 10.1 Å². The van der Waals surface area contributed by atoms with Gasteiger partial charge >= 0.3 is 5.97 Å². The second kappa shape index (κ2) is 8.34. The summed E-state index contributed by atoms with van der Waals surface area (Å²) in [7, 11) is 0. The number of carbonyl (C=O) groups excluding carboxylic acids is 1. The molecule has 1 aliphatic heterocycles. The van der Waals surface area contributed by atoms with E-state index < -0.39 is 5.92 Å². The molecule has 0 bridgehead atoms. The van der Waals surface area contributed by atoms with Gasteiger partial charge in [-0.1, -0.05) is 19.0 Å². The van der Waals surface area contributed by atoms with Gasteiger partial charge in [0.15, 0.2) is 11.6 Å². The third kappa shape index (κ3) is 4.47. The first-order chi connectivity index (χ1) is 11.1. The first kappa shape index (κ1) is 17.8. The Kier molecular flexibility index (Phi) is 6.45. The number of aliphatic hydroxyl groups excluding tert-OH is 1. The topological polar surface area (TPSA) is 75.8 Å². The first-order valence-electron chi connectivity index (χ1n) is 8.55. The lowest BCUT2D eigenvalue weighted by Gasteiger charge is -2.31.